The fourth-order valence-corrected chi connectivity index (χ4v) is 1.41. The molecule has 0 radical (unpaired) electrons. The van der Waals surface area contributed by atoms with E-state index in [2.05, 4.69) is 19.0 Å². The fraction of sp³-hybridized carbons (Fsp3) is 0.538. The molecule has 0 aliphatic carbocycles. The van der Waals surface area contributed by atoms with Gasteiger partial charge in [-0.15, -0.1) is 0 Å². The van der Waals surface area contributed by atoms with Crippen LogP contribution in [0.5, 0.6) is 5.75 Å². The third kappa shape index (κ3) is 4.64. The van der Waals surface area contributed by atoms with Crippen molar-refractivity contribution in [2.75, 3.05) is 27.2 Å². The Balaban J connectivity index is 2.32. The molecule has 16 heavy (non-hydrogen) atoms. The van der Waals surface area contributed by atoms with Gasteiger partial charge in [-0.05, 0) is 45.1 Å². The van der Waals surface area contributed by atoms with Crippen molar-refractivity contribution in [2.24, 2.45) is 0 Å². The van der Waals surface area contributed by atoms with Crippen LogP contribution in [-0.4, -0.2) is 37.3 Å². The van der Waals surface area contributed by atoms with E-state index in [1.807, 2.05) is 24.3 Å². The van der Waals surface area contributed by atoms with E-state index in [-0.39, 0.29) is 0 Å². The maximum Gasteiger partial charge on any atom is 0.119 e. The lowest BCUT2D eigenvalue weighted by atomic mass is 10.1. The number of rotatable bonds is 6. The van der Waals surface area contributed by atoms with Gasteiger partial charge in [-0.2, -0.15) is 0 Å². The smallest absolute Gasteiger partial charge is 0.119 e. The van der Waals surface area contributed by atoms with Crippen molar-refractivity contribution in [1.29, 1.82) is 0 Å². The monoisotopic (exact) mass is 223 g/mol. The highest BCUT2D eigenvalue weighted by Gasteiger charge is 2.00. The molecule has 1 atom stereocenters. The van der Waals surface area contributed by atoms with Gasteiger partial charge in [-0.25, -0.2) is 0 Å². The molecule has 3 heteroatoms. The molecule has 3 nitrogen and oxygen atoms in total. The predicted octanol–water partition coefficient (Wildman–Crippen LogP) is 2.07. The molecule has 1 aromatic carbocycles. The molecular weight excluding hydrogens is 202 g/mol. The molecule has 0 fully saturated rings. The fourth-order valence-electron chi connectivity index (χ4n) is 1.41. The van der Waals surface area contributed by atoms with Gasteiger partial charge in [0.2, 0.25) is 0 Å². The summed E-state index contributed by atoms with van der Waals surface area (Å²) in [5.41, 5.74) is 0.917. The third-order valence-electron chi connectivity index (χ3n) is 2.38. The summed E-state index contributed by atoms with van der Waals surface area (Å²) in [6, 6.07) is 7.59. The number of benzene rings is 1. The van der Waals surface area contributed by atoms with E-state index >= 15 is 0 Å². The van der Waals surface area contributed by atoms with Gasteiger partial charge in [-0.3, -0.25) is 0 Å². The average molecular weight is 223 g/mol. The standard InChI is InChI=1S/C13H21NO2/c1-11(15)12-5-7-13(8-6-12)16-10-4-9-14(2)3/h5-8,11,15H,4,9-10H2,1-3H3. The summed E-state index contributed by atoms with van der Waals surface area (Å²) >= 11 is 0. The summed E-state index contributed by atoms with van der Waals surface area (Å²) in [5, 5.41) is 9.34. The van der Waals surface area contributed by atoms with Crippen LogP contribution >= 0.6 is 0 Å². The molecular formula is C13H21NO2. The normalized spacial score (nSPS) is 12.8. The highest BCUT2D eigenvalue weighted by atomic mass is 16.5. The lowest BCUT2D eigenvalue weighted by Gasteiger charge is -2.11. The van der Waals surface area contributed by atoms with Crippen molar-refractivity contribution in [3.05, 3.63) is 29.8 Å². The van der Waals surface area contributed by atoms with Crippen LogP contribution in [0.3, 0.4) is 0 Å². The van der Waals surface area contributed by atoms with Crippen LogP contribution in [0.15, 0.2) is 24.3 Å². The molecule has 0 heterocycles. The van der Waals surface area contributed by atoms with Gasteiger partial charge in [-0.1, -0.05) is 12.1 Å². The predicted molar refractivity (Wildman–Crippen MR) is 65.7 cm³/mol. The Labute approximate surface area is 97.7 Å². The van der Waals surface area contributed by atoms with Crippen LogP contribution in [-0.2, 0) is 0 Å². The number of aliphatic hydroxyl groups is 1. The van der Waals surface area contributed by atoms with E-state index in [1.54, 1.807) is 6.92 Å². The first kappa shape index (κ1) is 13.0. The lowest BCUT2D eigenvalue weighted by molar-refractivity contribution is 0.199. The van der Waals surface area contributed by atoms with Crippen LogP contribution in [0.4, 0.5) is 0 Å². The topological polar surface area (TPSA) is 32.7 Å². The maximum absolute atomic E-state index is 9.34. The van der Waals surface area contributed by atoms with Gasteiger partial charge >= 0.3 is 0 Å². The van der Waals surface area contributed by atoms with E-state index < -0.39 is 6.10 Å². The molecule has 0 saturated carbocycles. The van der Waals surface area contributed by atoms with E-state index in [0.29, 0.717) is 0 Å². The molecule has 0 bridgehead atoms. The SMILES string of the molecule is CC(O)c1ccc(OCCCN(C)C)cc1. The van der Waals surface area contributed by atoms with E-state index in [1.165, 1.54) is 0 Å². The summed E-state index contributed by atoms with van der Waals surface area (Å²) < 4.78 is 5.58. The number of nitrogens with zero attached hydrogens (tertiary/aromatic N) is 1. The van der Waals surface area contributed by atoms with Crippen molar-refractivity contribution in [2.45, 2.75) is 19.4 Å². The van der Waals surface area contributed by atoms with Crippen molar-refractivity contribution < 1.29 is 9.84 Å². The zero-order chi connectivity index (χ0) is 12.0. The first-order valence-corrected chi connectivity index (χ1v) is 5.65. The molecule has 0 saturated heterocycles. The molecule has 1 unspecified atom stereocenters. The lowest BCUT2D eigenvalue weighted by Crippen LogP contribution is -2.15. The Morgan fingerprint density at radius 3 is 2.38 bits per heavy atom. The minimum absolute atomic E-state index is 0.414. The second-order valence-corrected chi connectivity index (χ2v) is 4.25. The van der Waals surface area contributed by atoms with Gasteiger partial charge in [0, 0.05) is 6.54 Å². The summed E-state index contributed by atoms with van der Waals surface area (Å²) in [7, 11) is 4.11. The molecule has 1 rings (SSSR count). The number of hydrogen-bond acceptors (Lipinski definition) is 3. The number of ether oxygens (including phenoxy) is 1. The second kappa shape index (κ2) is 6.51. The van der Waals surface area contributed by atoms with E-state index in [9.17, 15) is 5.11 Å². The summed E-state index contributed by atoms with van der Waals surface area (Å²) in [6.07, 6.45) is 0.605. The molecule has 0 aromatic heterocycles. The first-order chi connectivity index (χ1) is 7.59. The van der Waals surface area contributed by atoms with Crippen molar-refractivity contribution in [3.8, 4) is 5.75 Å². The summed E-state index contributed by atoms with van der Waals surface area (Å²) in [4.78, 5) is 2.14. The Morgan fingerprint density at radius 2 is 1.88 bits per heavy atom. The minimum atomic E-state index is -0.414. The van der Waals surface area contributed by atoms with Crippen LogP contribution < -0.4 is 4.74 Å². The molecule has 90 valence electrons. The first-order valence-electron chi connectivity index (χ1n) is 5.65. The Bertz CT molecular complexity index is 293. The zero-order valence-electron chi connectivity index (χ0n) is 10.3. The van der Waals surface area contributed by atoms with Gasteiger partial charge < -0.3 is 14.7 Å². The van der Waals surface area contributed by atoms with Crippen LogP contribution in [0.25, 0.3) is 0 Å². The Kier molecular flexibility index (Phi) is 5.29. The molecule has 1 N–H and O–H groups in total. The Morgan fingerprint density at radius 1 is 1.25 bits per heavy atom. The molecule has 0 amide bonds. The molecule has 0 aliphatic rings. The van der Waals surface area contributed by atoms with Gasteiger partial charge in [0.1, 0.15) is 5.75 Å². The molecule has 0 aliphatic heterocycles. The highest BCUT2D eigenvalue weighted by molar-refractivity contribution is 5.28. The summed E-state index contributed by atoms with van der Waals surface area (Å²) in [6.45, 7) is 3.52. The zero-order valence-corrected chi connectivity index (χ0v) is 10.3. The van der Waals surface area contributed by atoms with E-state index in [0.717, 1.165) is 30.9 Å². The third-order valence-corrected chi connectivity index (χ3v) is 2.38. The number of aliphatic hydroxyl groups excluding tert-OH is 1. The number of hydrogen-bond donors (Lipinski definition) is 1. The molecule has 0 spiro atoms. The highest BCUT2D eigenvalue weighted by Crippen LogP contribution is 2.17. The Hall–Kier alpha value is -1.06. The maximum atomic E-state index is 9.34. The van der Waals surface area contributed by atoms with Gasteiger partial charge in [0.15, 0.2) is 0 Å². The minimum Gasteiger partial charge on any atom is -0.494 e. The quantitative estimate of drug-likeness (QED) is 0.749. The van der Waals surface area contributed by atoms with Crippen LogP contribution in [0.1, 0.15) is 25.0 Å². The largest absolute Gasteiger partial charge is 0.494 e. The van der Waals surface area contributed by atoms with Crippen molar-refractivity contribution in [3.63, 3.8) is 0 Å². The van der Waals surface area contributed by atoms with Crippen molar-refractivity contribution >= 4 is 0 Å². The average Bonchev–Trinajstić information content (AvgIpc) is 2.25. The molecule has 1 aromatic rings. The second-order valence-electron chi connectivity index (χ2n) is 4.25. The van der Waals surface area contributed by atoms with Crippen LogP contribution in [0.2, 0.25) is 0 Å². The van der Waals surface area contributed by atoms with Crippen molar-refractivity contribution in [1.82, 2.24) is 4.90 Å². The van der Waals surface area contributed by atoms with Gasteiger partial charge in [0.25, 0.3) is 0 Å². The summed E-state index contributed by atoms with van der Waals surface area (Å²) in [5.74, 6) is 0.864. The van der Waals surface area contributed by atoms with Crippen LogP contribution in [0, 0.1) is 0 Å². The van der Waals surface area contributed by atoms with E-state index in [4.69, 9.17) is 4.74 Å². The van der Waals surface area contributed by atoms with Gasteiger partial charge in [0.05, 0.1) is 12.7 Å².